The van der Waals surface area contributed by atoms with Crippen molar-refractivity contribution in [1.82, 2.24) is 0 Å². The van der Waals surface area contributed by atoms with Gasteiger partial charge in [-0.3, -0.25) is 4.79 Å². The van der Waals surface area contributed by atoms with Crippen molar-refractivity contribution in [2.75, 3.05) is 18.5 Å². The molecule has 0 saturated carbocycles. The molecule has 1 fully saturated rings. The number of hydrogen-bond donors (Lipinski definition) is 2. The molecule has 26 heavy (non-hydrogen) atoms. The molecular formula is C19H22ClFN2O3. The lowest BCUT2D eigenvalue weighted by molar-refractivity contribution is -0.124. The summed E-state index contributed by atoms with van der Waals surface area (Å²) in [5.41, 5.74) is 6.80. The minimum atomic E-state index is -0.897. The van der Waals surface area contributed by atoms with Gasteiger partial charge < -0.3 is 20.5 Å². The van der Waals surface area contributed by atoms with Crippen LogP contribution >= 0.6 is 12.4 Å². The summed E-state index contributed by atoms with van der Waals surface area (Å²) in [4.78, 5) is 12.5. The molecule has 0 aromatic heterocycles. The Labute approximate surface area is 158 Å². The molecule has 0 radical (unpaired) electrons. The van der Waals surface area contributed by atoms with E-state index in [9.17, 15) is 9.18 Å². The first kappa shape index (κ1) is 20.2. The van der Waals surface area contributed by atoms with Gasteiger partial charge in [-0.2, -0.15) is 0 Å². The summed E-state index contributed by atoms with van der Waals surface area (Å²) in [6.45, 7) is 1.26. The van der Waals surface area contributed by atoms with E-state index in [2.05, 4.69) is 5.32 Å². The van der Waals surface area contributed by atoms with Gasteiger partial charge in [0.15, 0.2) is 0 Å². The lowest BCUT2D eigenvalue weighted by atomic mass is 9.90. The Kier molecular flexibility index (Phi) is 6.97. The Morgan fingerprint density at radius 3 is 2.65 bits per heavy atom. The molecule has 2 aromatic carbocycles. The number of rotatable bonds is 5. The van der Waals surface area contributed by atoms with Crippen LogP contribution in [0.25, 0.3) is 0 Å². The number of carbonyl (C=O) groups excluding carboxylic acids is 1. The molecule has 1 heterocycles. The average Bonchev–Trinajstić information content (AvgIpc) is 2.61. The van der Waals surface area contributed by atoms with Gasteiger partial charge >= 0.3 is 0 Å². The number of amides is 1. The van der Waals surface area contributed by atoms with Gasteiger partial charge in [0.25, 0.3) is 0 Å². The SMILES string of the molecule is Cl.NC1(C(=O)Nc2cccc(COc3cccc(F)c3)c2)CCOCC1. The Balaban J connectivity index is 0.00000243. The molecule has 0 unspecified atom stereocenters. The molecule has 3 N–H and O–H groups in total. The van der Waals surface area contributed by atoms with Crippen LogP contribution in [-0.2, 0) is 16.1 Å². The highest BCUT2D eigenvalue weighted by Crippen LogP contribution is 2.21. The number of anilines is 1. The van der Waals surface area contributed by atoms with Gasteiger partial charge in [-0.05, 0) is 42.7 Å². The van der Waals surface area contributed by atoms with Crippen molar-refractivity contribution in [1.29, 1.82) is 0 Å². The van der Waals surface area contributed by atoms with E-state index in [1.807, 2.05) is 18.2 Å². The first-order chi connectivity index (χ1) is 12.0. The zero-order valence-corrected chi connectivity index (χ0v) is 15.1. The molecule has 1 aliphatic rings. The van der Waals surface area contributed by atoms with E-state index in [0.717, 1.165) is 5.56 Å². The van der Waals surface area contributed by atoms with Gasteiger partial charge in [-0.15, -0.1) is 12.4 Å². The fourth-order valence-corrected chi connectivity index (χ4v) is 2.68. The maximum absolute atomic E-state index is 13.2. The van der Waals surface area contributed by atoms with E-state index >= 15 is 0 Å². The van der Waals surface area contributed by atoms with Crippen molar-refractivity contribution in [3.05, 3.63) is 59.9 Å². The highest BCUT2D eigenvalue weighted by molar-refractivity contribution is 5.98. The lowest BCUT2D eigenvalue weighted by Crippen LogP contribution is -2.54. The van der Waals surface area contributed by atoms with Gasteiger partial charge in [-0.25, -0.2) is 4.39 Å². The average molecular weight is 381 g/mol. The third-order valence-corrected chi connectivity index (χ3v) is 4.22. The second-order valence-electron chi connectivity index (χ2n) is 6.17. The summed E-state index contributed by atoms with van der Waals surface area (Å²) in [7, 11) is 0. The van der Waals surface area contributed by atoms with Crippen LogP contribution in [0.2, 0.25) is 0 Å². The van der Waals surface area contributed by atoms with Crippen molar-refractivity contribution >= 4 is 24.0 Å². The number of nitrogens with one attached hydrogen (secondary N) is 1. The van der Waals surface area contributed by atoms with Gasteiger partial charge in [0.05, 0.1) is 0 Å². The predicted molar refractivity (Wildman–Crippen MR) is 100 cm³/mol. The largest absolute Gasteiger partial charge is 0.489 e. The quantitative estimate of drug-likeness (QED) is 0.834. The van der Waals surface area contributed by atoms with Gasteiger partial charge in [0.2, 0.25) is 5.91 Å². The highest BCUT2D eigenvalue weighted by atomic mass is 35.5. The molecule has 0 aliphatic carbocycles. The molecule has 0 spiro atoms. The van der Waals surface area contributed by atoms with Crippen molar-refractivity contribution in [2.45, 2.75) is 25.0 Å². The summed E-state index contributed by atoms with van der Waals surface area (Å²) >= 11 is 0. The highest BCUT2D eigenvalue weighted by Gasteiger charge is 2.35. The standard InChI is InChI=1S/C19H21FN2O3.ClH/c20-15-4-2-6-17(12-15)25-13-14-3-1-5-16(11-14)22-18(23)19(21)7-9-24-10-8-19;/h1-6,11-12H,7-10,13,21H2,(H,22,23);1H. The van der Waals surface area contributed by atoms with Gasteiger partial charge in [0.1, 0.15) is 23.7 Å². The smallest absolute Gasteiger partial charge is 0.244 e. The summed E-state index contributed by atoms with van der Waals surface area (Å²) in [5.74, 6) is -0.0974. The predicted octanol–water partition coefficient (Wildman–Crippen LogP) is 3.27. The van der Waals surface area contributed by atoms with Crippen LogP contribution in [0.1, 0.15) is 18.4 Å². The second kappa shape index (κ2) is 8.98. The van der Waals surface area contributed by atoms with E-state index in [1.165, 1.54) is 12.1 Å². The van der Waals surface area contributed by atoms with Crippen molar-refractivity contribution in [3.8, 4) is 5.75 Å². The Morgan fingerprint density at radius 1 is 1.19 bits per heavy atom. The zero-order chi connectivity index (χ0) is 17.7. The maximum atomic E-state index is 13.2. The molecular weight excluding hydrogens is 359 g/mol. The lowest BCUT2D eigenvalue weighted by Gasteiger charge is -2.31. The molecule has 1 aliphatic heterocycles. The number of halogens is 2. The van der Waals surface area contributed by atoms with Crippen LogP contribution in [0.15, 0.2) is 48.5 Å². The van der Waals surface area contributed by atoms with Crippen LogP contribution in [0.5, 0.6) is 5.75 Å². The number of benzene rings is 2. The fraction of sp³-hybridized carbons (Fsp3) is 0.316. The summed E-state index contributed by atoms with van der Waals surface area (Å²) in [6.07, 6.45) is 1.00. The Bertz CT molecular complexity index is 751. The van der Waals surface area contributed by atoms with E-state index < -0.39 is 5.54 Å². The molecule has 3 rings (SSSR count). The molecule has 5 nitrogen and oxygen atoms in total. The minimum absolute atomic E-state index is 0. The fourth-order valence-electron chi connectivity index (χ4n) is 2.68. The monoisotopic (exact) mass is 380 g/mol. The van der Waals surface area contributed by atoms with Crippen molar-refractivity contribution in [3.63, 3.8) is 0 Å². The zero-order valence-electron chi connectivity index (χ0n) is 14.2. The first-order valence-corrected chi connectivity index (χ1v) is 8.21. The van der Waals surface area contributed by atoms with Gasteiger partial charge in [-0.1, -0.05) is 18.2 Å². The summed E-state index contributed by atoms with van der Waals surface area (Å²) in [6, 6.07) is 13.3. The Morgan fingerprint density at radius 2 is 1.92 bits per heavy atom. The number of hydrogen-bond acceptors (Lipinski definition) is 4. The van der Waals surface area contributed by atoms with Crippen LogP contribution in [-0.4, -0.2) is 24.7 Å². The van der Waals surface area contributed by atoms with E-state index in [4.69, 9.17) is 15.2 Å². The van der Waals surface area contributed by atoms with Crippen molar-refractivity contribution < 1.29 is 18.7 Å². The van der Waals surface area contributed by atoms with Crippen LogP contribution in [0.3, 0.4) is 0 Å². The third-order valence-electron chi connectivity index (χ3n) is 4.22. The minimum Gasteiger partial charge on any atom is -0.489 e. The maximum Gasteiger partial charge on any atom is 0.244 e. The molecule has 1 saturated heterocycles. The number of carbonyl (C=O) groups is 1. The molecule has 140 valence electrons. The molecule has 2 aromatic rings. The summed E-state index contributed by atoms with van der Waals surface area (Å²) < 4.78 is 24.0. The molecule has 0 atom stereocenters. The van der Waals surface area contributed by atoms with E-state index in [0.29, 0.717) is 37.5 Å². The van der Waals surface area contributed by atoms with Crippen LogP contribution < -0.4 is 15.8 Å². The molecule has 0 bridgehead atoms. The first-order valence-electron chi connectivity index (χ1n) is 8.21. The summed E-state index contributed by atoms with van der Waals surface area (Å²) in [5, 5.41) is 2.86. The third kappa shape index (κ3) is 5.17. The van der Waals surface area contributed by atoms with Gasteiger partial charge in [0, 0.05) is 25.0 Å². The van der Waals surface area contributed by atoms with E-state index in [-0.39, 0.29) is 30.7 Å². The van der Waals surface area contributed by atoms with Crippen LogP contribution in [0.4, 0.5) is 10.1 Å². The Hall–Kier alpha value is -2.15. The topological polar surface area (TPSA) is 73.6 Å². The normalized spacial score (nSPS) is 15.6. The molecule has 7 heteroatoms. The second-order valence-corrected chi connectivity index (χ2v) is 6.17. The van der Waals surface area contributed by atoms with E-state index in [1.54, 1.807) is 18.2 Å². The molecule has 1 amide bonds. The van der Waals surface area contributed by atoms with Crippen LogP contribution in [0, 0.1) is 5.82 Å². The number of ether oxygens (including phenoxy) is 2. The number of nitrogens with two attached hydrogens (primary N) is 1. The van der Waals surface area contributed by atoms with Crippen molar-refractivity contribution in [2.24, 2.45) is 5.73 Å².